The van der Waals surface area contributed by atoms with Crippen molar-refractivity contribution in [2.24, 2.45) is 0 Å². The molecule has 2 rings (SSSR count). The molecule has 6 nitrogen and oxygen atoms in total. The van der Waals surface area contributed by atoms with Crippen LogP contribution in [-0.2, 0) is 4.74 Å². The minimum Gasteiger partial charge on any atom is -0.507 e. The molecule has 0 bridgehead atoms. The van der Waals surface area contributed by atoms with Crippen molar-refractivity contribution < 1.29 is 29.6 Å². The first-order valence-corrected chi connectivity index (χ1v) is 8.23. The second-order valence-corrected chi connectivity index (χ2v) is 6.03. The molecule has 136 valence electrons. The molecule has 1 heterocycles. The molecule has 2 unspecified atom stereocenters. The summed E-state index contributed by atoms with van der Waals surface area (Å²) in [7, 11) is 1.47. The van der Waals surface area contributed by atoms with Crippen molar-refractivity contribution in [2.45, 2.75) is 44.5 Å². The molecular weight excluding hydrogens is 324 g/mol. The van der Waals surface area contributed by atoms with Gasteiger partial charge in [0, 0.05) is 12.5 Å². The number of benzene rings is 1. The van der Waals surface area contributed by atoms with Crippen LogP contribution in [-0.4, -0.2) is 46.7 Å². The number of rotatable bonds is 1. The lowest BCUT2D eigenvalue weighted by atomic mass is 10.0. The fraction of sp³-hybridized carbons (Fsp3) is 0.421. The number of ether oxygens (including phenoxy) is 2. The third kappa shape index (κ3) is 5.08. The Hall–Kier alpha value is -2.31. The number of phenols is 1. The van der Waals surface area contributed by atoms with Gasteiger partial charge in [0.1, 0.15) is 23.2 Å². The Morgan fingerprint density at radius 1 is 1.24 bits per heavy atom. The number of carbonyl (C=O) groups excluding carboxylic acids is 1. The molecule has 1 aliphatic heterocycles. The average molecular weight is 348 g/mol. The lowest BCUT2D eigenvalue weighted by Gasteiger charge is -2.17. The van der Waals surface area contributed by atoms with Crippen LogP contribution < -0.4 is 4.74 Å². The molecule has 0 fully saturated rings. The number of cyclic esters (lactones) is 1. The van der Waals surface area contributed by atoms with Gasteiger partial charge in [-0.2, -0.15) is 0 Å². The summed E-state index contributed by atoms with van der Waals surface area (Å²) < 4.78 is 10.5. The van der Waals surface area contributed by atoms with Crippen LogP contribution in [0, 0.1) is 0 Å². The van der Waals surface area contributed by atoms with Crippen molar-refractivity contribution >= 4 is 12.0 Å². The predicted molar refractivity (Wildman–Crippen MR) is 93.6 cm³/mol. The largest absolute Gasteiger partial charge is 0.507 e. The van der Waals surface area contributed by atoms with Crippen molar-refractivity contribution in [3.05, 3.63) is 41.5 Å². The third-order valence-corrected chi connectivity index (χ3v) is 3.99. The smallest absolute Gasteiger partial charge is 0.342 e. The van der Waals surface area contributed by atoms with E-state index in [9.17, 15) is 20.1 Å². The average Bonchev–Trinajstić information content (AvgIpc) is 2.56. The van der Waals surface area contributed by atoms with Gasteiger partial charge in [0.05, 0.1) is 19.3 Å². The topological polar surface area (TPSA) is 96.2 Å². The lowest BCUT2D eigenvalue weighted by molar-refractivity contribution is 0.0337. The van der Waals surface area contributed by atoms with Crippen molar-refractivity contribution in [3.63, 3.8) is 0 Å². The van der Waals surface area contributed by atoms with E-state index in [0.717, 1.165) is 0 Å². The SMILES string of the molecule is COc1cc(O)c2c(c1)/C=C/CCC(O)C(O)/C=C\C[C@H](C)OC2=O. The molecule has 0 spiro atoms. The number of aromatic hydroxyl groups is 1. The summed E-state index contributed by atoms with van der Waals surface area (Å²) in [5.74, 6) is -0.422. The predicted octanol–water partition coefficient (Wildman–Crippen LogP) is 2.42. The minimum atomic E-state index is -0.962. The molecule has 3 N–H and O–H groups in total. The quantitative estimate of drug-likeness (QED) is 0.533. The van der Waals surface area contributed by atoms with Gasteiger partial charge in [-0.3, -0.25) is 0 Å². The number of aliphatic hydroxyl groups excluding tert-OH is 2. The van der Waals surface area contributed by atoms with Gasteiger partial charge >= 0.3 is 5.97 Å². The summed E-state index contributed by atoms with van der Waals surface area (Å²) in [4.78, 5) is 12.5. The van der Waals surface area contributed by atoms with Gasteiger partial charge in [0.25, 0.3) is 0 Å². The number of phenolic OH excluding ortho intramolecular Hbond substituents is 1. The van der Waals surface area contributed by atoms with E-state index < -0.39 is 24.3 Å². The van der Waals surface area contributed by atoms with E-state index in [-0.39, 0.29) is 11.3 Å². The van der Waals surface area contributed by atoms with Gasteiger partial charge in [0.2, 0.25) is 0 Å². The van der Waals surface area contributed by atoms with E-state index in [1.807, 2.05) is 0 Å². The van der Waals surface area contributed by atoms with Crippen LogP contribution in [0.25, 0.3) is 6.08 Å². The molecule has 0 saturated carbocycles. The summed E-state index contributed by atoms with van der Waals surface area (Å²) in [5.41, 5.74) is 0.544. The van der Waals surface area contributed by atoms with Crippen molar-refractivity contribution in [2.75, 3.05) is 7.11 Å². The molecule has 1 aromatic rings. The molecule has 6 heteroatoms. The van der Waals surface area contributed by atoms with Crippen LogP contribution in [0.2, 0.25) is 0 Å². The Labute approximate surface area is 147 Å². The molecule has 3 atom stereocenters. The second-order valence-electron chi connectivity index (χ2n) is 6.03. The number of hydrogen-bond donors (Lipinski definition) is 3. The molecule has 25 heavy (non-hydrogen) atoms. The molecule has 0 radical (unpaired) electrons. The van der Waals surface area contributed by atoms with Gasteiger partial charge in [-0.15, -0.1) is 0 Å². The van der Waals surface area contributed by atoms with Gasteiger partial charge in [-0.1, -0.05) is 24.3 Å². The second kappa shape index (κ2) is 8.69. The highest BCUT2D eigenvalue weighted by Crippen LogP contribution is 2.30. The zero-order valence-corrected chi connectivity index (χ0v) is 14.4. The monoisotopic (exact) mass is 348 g/mol. The highest BCUT2D eigenvalue weighted by molar-refractivity contribution is 5.97. The first-order chi connectivity index (χ1) is 11.9. The van der Waals surface area contributed by atoms with E-state index >= 15 is 0 Å². The molecular formula is C19H24O6. The number of esters is 1. The number of aliphatic hydroxyl groups is 2. The number of allylic oxidation sites excluding steroid dienone is 1. The summed E-state index contributed by atoms with van der Waals surface area (Å²) in [6.45, 7) is 1.72. The summed E-state index contributed by atoms with van der Waals surface area (Å²) in [6.07, 6.45) is 5.57. The summed E-state index contributed by atoms with van der Waals surface area (Å²) >= 11 is 0. The Balaban J connectivity index is 2.39. The van der Waals surface area contributed by atoms with Gasteiger partial charge < -0.3 is 24.8 Å². The molecule has 0 aliphatic carbocycles. The van der Waals surface area contributed by atoms with Crippen LogP contribution in [0.4, 0.5) is 0 Å². The fourth-order valence-electron chi connectivity index (χ4n) is 2.57. The Morgan fingerprint density at radius 2 is 2.00 bits per heavy atom. The van der Waals surface area contributed by atoms with Crippen LogP contribution in [0.3, 0.4) is 0 Å². The first-order valence-electron chi connectivity index (χ1n) is 8.23. The number of carbonyl (C=O) groups is 1. The number of fused-ring (bicyclic) bond motifs is 1. The molecule has 0 aromatic heterocycles. The molecule has 0 amide bonds. The van der Waals surface area contributed by atoms with E-state index in [1.165, 1.54) is 19.3 Å². The zero-order chi connectivity index (χ0) is 18.4. The maximum absolute atomic E-state index is 12.5. The summed E-state index contributed by atoms with van der Waals surface area (Å²) in [5, 5.41) is 30.0. The number of methoxy groups -OCH3 is 1. The highest BCUT2D eigenvalue weighted by Gasteiger charge is 2.21. The maximum atomic E-state index is 12.5. The van der Waals surface area contributed by atoms with E-state index in [4.69, 9.17) is 9.47 Å². The maximum Gasteiger partial charge on any atom is 0.342 e. The van der Waals surface area contributed by atoms with E-state index in [1.54, 1.807) is 31.2 Å². The van der Waals surface area contributed by atoms with E-state index in [0.29, 0.717) is 30.6 Å². The lowest BCUT2D eigenvalue weighted by Crippen LogP contribution is -2.23. The Bertz CT molecular complexity index is 664. The normalized spacial score (nSPS) is 27.5. The fourth-order valence-corrected chi connectivity index (χ4v) is 2.57. The molecule has 1 aromatic carbocycles. The van der Waals surface area contributed by atoms with Crippen molar-refractivity contribution in [1.29, 1.82) is 0 Å². The van der Waals surface area contributed by atoms with Crippen LogP contribution in [0.15, 0.2) is 30.4 Å². The molecule has 0 saturated heterocycles. The van der Waals surface area contributed by atoms with Crippen LogP contribution in [0.1, 0.15) is 42.1 Å². The van der Waals surface area contributed by atoms with Crippen molar-refractivity contribution in [1.82, 2.24) is 0 Å². The Kier molecular flexibility index (Phi) is 6.61. The summed E-state index contributed by atoms with van der Waals surface area (Å²) in [6, 6.07) is 3.00. The minimum absolute atomic E-state index is 0.0746. The molecule has 1 aliphatic rings. The zero-order valence-electron chi connectivity index (χ0n) is 14.4. The Morgan fingerprint density at radius 3 is 2.72 bits per heavy atom. The standard InChI is InChI=1S/C19H24O6/c1-12-6-5-9-16(21)15(20)8-4-3-7-13-10-14(24-2)11-17(22)18(13)19(23)25-12/h3,5,7,9-12,15-16,20-22H,4,6,8H2,1-2H3/b7-3+,9-5-/t12-,15?,16?/m0/s1. The third-order valence-electron chi connectivity index (χ3n) is 3.99. The van der Waals surface area contributed by atoms with Gasteiger partial charge in [-0.25, -0.2) is 4.79 Å². The van der Waals surface area contributed by atoms with Gasteiger partial charge in [0.15, 0.2) is 0 Å². The van der Waals surface area contributed by atoms with Crippen LogP contribution in [0.5, 0.6) is 11.5 Å². The van der Waals surface area contributed by atoms with Crippen LogP contribution >= 0.6 is 0 Å². The van der Waals surface area contributed by atoms with Crippen molar-refractivity contribution in [3.8, 4) is 11.5 Å². The number of hydrogen-bond acceptors (Lipinski definition) is 6. The highest BCUT2D eigenvalue weighted by atomic mass is 16.5. The van der Waals surface area contributed by atoms with E-state index in [2.05, 4.69) is 0 Å². The van der Waals surface area contributed by atoms with Gasteiger partial charge in [-0.05, 0) is 31.4 Å². The first kappa shape index (κ1) is 19.0.